The second-order valence-corrected chi connectivity index (χ2v) is 19.0. The van der Waals surface area contributed by atoms with E-state index in [1.165, 1.54) is 21.1 Å². The first kappa shape index (κ1) is 51.2. The number of carbonyl (C=O) groups excluding carboxylic acids is 8. The predicted molar refractivity (Wildman–Crippen MR) is 279 cm³/mol. The van der Waals surface area contributed by atoms with Gasteiger partial charge in [-0.25, -0.2) is 4.79 Å². The average molecular weight is 1050 g/mol. The number of imide groups is 1. The first-order chi connectivity index (χ1) is 37.2. The minimum atomic E-state index is -1.06. The molecule has 0 aliphatic carbocycles. The number of nitrogens with one attached hydrogen (secondary N) is 4. The lowest BCUT2D eigenvalue weighted by molar-refractivity contribution is -0.197. The van der Waals surface area contributed by atoms with Gasteiger partial charge < -0.3 is 45.1 Å². The van der Waals surface area contributed by atoms with Crippen LogP contribution in [0.15, 0.2) is 96.0 Å². The maximum atomic E-state index is 14.1. The number of rotatable bonds is 19. The molecule has 5 heterocycles. The van der Waals surface area contributed by atoms with E-state index in [1.807, 2.05) is 54.6 Å². The number of hydrogen-bond donors (Lipinski definition) is 4. The van der Waals surface area contributed by atoms with Gasteiger partial charge in [0, 0.05) is 73.9 Å². The Labute approximate surface area is 441 Å². The number of anilines is 4. The largest absolute Gasteiger partial charge is 0.493 e. The van der Waals surface area contributed by atoms with Gasteiger partial charge in [-0.1, -0.05) is 36.4 Å². The SMILES string of the molecule is COc1cc2c(cc1OCc1cc(COc3cc4c(cc3OC)C(=O)N3c5ccccc5CC3N4)cc(NC(=O)C(C)NC(=O)CNC(=O)CCCCC(=O)ON3C(=O)CCC3=O)c1)N=C[C@@H]1Cc3ccccc3N1C2=O. The third-order valence-electron chi connectivity index (χ3n) is 13.7. The minimum Gasteiger partial charge on any atom is -0.493 e. The van der Waals surface area contributed by atoms with E-state index in [9.17, 15) is 38.4 Å². The van der Waals surface area contributed by atoms with Gasteiger partial charge in [-0.05, 0) is 84.5 Å². The minimum absolute atomic E-state index is 0.0178. The van der Waals surface area contributed by atoms with Crippen molar-refractivity contribution in [1.29, 1.82) is 0 Å². The Morgan fingerprint density at radius 1 is 0.701 bits per heavy atom. The highest BCUT2D eigenvalue weighted by Gasteiger charge is 2.40. The highest BCUT2D eigenvalue weighted by Crippen LogP contribution is 2.44. The van der Waals surface area contributed by atoms with Crippen LogP contribution in [0.1, 0.15) is 88.4 Å². The zero-order valence-electron chi connectivity index (χ0n) is 42.3. The molecule has 0 aromatic heterocycles. The van der Waals surface area contributed by atoms with E-state index in [1.54, 1.807) is 52.4 Å². The Kier molecular flexibility index (Phi) is 14.6. The maximum absolute atomic E-state index is 14.1. The van der Waals surface area contributed by atoms with Crippen molar-refractivity contribution < 1.29 is 62.1 Å². The molecule has 0 saturated carbocycles. The molecule has 0 spiro atoms. The third-order valence-corrected chi connectivity index (χ3v) is 13.7. The fraction of sp³-hybridized carbons (Fsp3) is 0.304. The van der Waals surface area contributed by atoms with Crippen LogP contribution in [-0.4, -0.2) is 97.6 Å². The highest BCUT2D eigenvalue weighted by atomic mass is 16.7. The number of hydroxylamine groups is 2. The average Bonchev–Trinajstić information content (AvgIpc) is 4.22. The molecule has 5 aromatic carbocycles. The molecule has 2 unspecified atom stereocenters. The number of benzene rings is 5. The van der Waals surface area contributed by atoms with E-state index in [-0.39, 0.29) is 75.8 Å². The molecule has 1 fully saturated rings. The summed E-state index contributed by atoms with van der Waals surface area (Å²) in [7, 11) is 2.97. The second-order valence-electron chi connectivity index (χ2n) is 19.0. The second kappa shape index (κ2) is 21.9. The summed E-state index contributed by atoms with van der Waals surface area (Å²) in [6, 6.07) is 26.1. The lowest BCUT2D eigenvalue weighted by atomic mass is 10.1. The number of amides is 7. The van der Waals surface area contributed by atoms with Gasteiger partial charge in [-0.3, -0.25) is 48.4 Å². The predicted octanol–water partition coefficient (Wildman–Crippen LogP) is 5.83. The molecule has 5 aromatic rings. The van der Waals surface area contributed by atoms with Crippen LogP contribution in [-0.2, 0) is 59.7 Å². The molecule has 5 aliphatic heterocycles. The van der Waals surface area contributed by atoms with Gasteiger partial charge in [0.1, 0.15) is 25.4 Å². The van der Waals surface area contributed by atoms with Gasteiger partial charge in [0.15, 0.2) is 23.0 Å². The van der Waals surface area contributed by atoms with E-state index < -0.39 is 48.1 Å². The van der Waals surface area contributed by atoms with E-state index in [4.69, 9.17) is 28.8 Å². The molecular weight excluding hydrogens is 993 g/mol. The van der Waals surface area contributed by atoms with Crippen molar-refractivity contribution in [3.05, 3.63) is 124 Å². The zero-order valence-corrected chi connectivity index (χ0v) is 42.3. The molecular formula is C56H54N8O13. The number of fused-ring (bicyclic) bond motifs is 8. The molecule has 21 nitrogen and oxygen atoms in total. The quantitative estimate of drug-likeness (QED) is 0.0561. The molecule has 396 valence electrons. The number of unbranched alkanes of at least 4 members (excludes halogenated alkanes) is 1. The lowest BCUT2D eigenvalue weighted by Gasteiger charge is -2.33. The zero-order chi connectivity index (χ0) is 53.9. The van der Waals surface area contributed by atoms with Gasteiger partial charge >= 0.3 is 5.97 Å². The van der Waals surface area contributed by atoms with Crippen molar-refractivity contribution in [3.8, 4) is 23.0 Å². The van der Waals surface area contributed by atoms with Gasteiger partial charge in [-0.2, -0.15) is 0 Å². The molecule has 7 amide bonds. The standard InChI is InChI=1S/C56H54N8O13/c1-31(59-50(66)28-58-49(65)14-8-9-15-53(69)77-64-51(67)16-17-52(64)68)54(70)60-36-19-32(29-75-46-25-40-38(23-44(46)73-2)55(71)62-37(27-57-40)21-34-10-4-6-12-42(34)62)18-33(20-36)30-76-47-26-41-39(24-45(47)74-3)56(72)63-43-13-7-5-11-35(43)22-48(63)61-41/h4-7,10-13,18-20,23-27,31,37,48,61H,8-9,14-17,21-22,28-30H2,1-3H3,(H,58,65)(H,59,66)(H,60,70)/t31?,37-,48?/m0/s1. The smallest absolute Gasteiger partial charge is 0.333 e. The number of aliphatic imine (C=N–C) groups is 1. The van der Waals surface area contributed by atoms with Crippen molar-refractivity contribution in [1.82, 2.24) is 15.7 Å². The Bertz CT molecular complexity index is 3270. The summed E-state index contributed by atoms with van der Waals surface area (Å²) in [5.41, 5.74) is 7.11. The van der Waals surface area contributed by atoms with Crippen LogP contribution in [0.5, 0.6) is 23.0 Å². The molecule has 1 saturated heterocycles. The molecule has 5 aliphatic rings. The van der Waals surface area contributed by atoms with Gasteiger partial charge in [0.25, 0.3) is 23.6 Å². The topological polar surface area (TPSA) is 253 Å². The molecule has 0 bridgehead atoms. The van der Waals surface area contributed by atoms with Crippen LogP contribution in [0.2, 0.25) is 0 Å². The number of para-hydroxylation sites is 2. The Morgan fingerprint density at radius 3 is 2.00 bits per heavy atom. The molecule has 10 rings (SSSR count). The summed E-state index contributed by atoms with van der Waals surface area (Å²) in [5.74, 6) is -2.70. The highest BCUT2D eigenvalue weighted by molar-refractivity contribution is 6.15. The van der Waals surface area contributed by atoms with E-state index in [2.05, 4.69) is 21.3 Å². The number of methoxy groups -OCH3 is 2. The van der Waals surface area contributed by atoms with Gasteiger partial charge in [0.2, 0.25) is 17.7 Å². The number of carbonyl (C=O) groups is 8. The molecule has 4 N–H and O–H groups in total. The van der Waals surface area contributed by atoms with Crippen molar-refractivity contribution >= 4 is 82.0 Å². The Morgan fingerprint density at radius 2 is 1.31 bits per heavy atom. The summed E-state index contributed by atoms with van der Waals surface area (Å²) in [4.78, 5) is 116. The molecule has 77 heavy (non-hydrogen) atoms. The first-order valence-electron chi connectivity index (χ1n) is 25.1. The van der Waals surface area contributed by atoms with E-state index >= 15 is 0 Å². The fourth-order valence-corrected chi connectivity index (χ4v) is 9.94. The van der Waals surface area contributed by atoms with Crippen molar-refractivity contribution in [2.24, 2.45) is 4.99 Å². The fourth-order valence-electron chi connectivity index (χ4n) is 9.94. The summed E-state index contributed by atoms with van der Waals surface area (Å²) in [5, 5.41) is 11.9. The normalized spacial score (nSPS) is 16.9. The summed E-state index contributed by atoms with van der Waals surface area (Å²) < 4.78 is 24.3. The van der Waals surface area contributed by atoms with Crippen LogP contribution in [0.4, 0.5) is 28.4 Å². The number of ether oxygens (including phenoxy) is 4. The summed E-state index contributed by atoms with van der Waals surface area (Å²) >= 11 is 0. The Balaban J connectivity index is 0.813. The molecule has 3 atom stereocenters. The summed E-state index contributed by atoms with van der Waals surface area (Å²) in [6.07, 6.45) is 3.06. The van der Waals surface area contributed by atoms with Gasteiger partial charge in [-0.15, -0.1) is 5.06 Å². The van der Waals surface area contributed by atoms with Crippen molar-refractivity contribution in [2.45, 2.75) is 89.8 Å². The lowest BCUT2D eigenvalue weighted by Crippen LogP contribution is -2.46. The van der Waals surface area contributed by atoms with E-state index in [0.29, 0.717) is 80.2 Å². The van der Waals surface area contributed by atoms with Crippen LogP contribution in [0, 0.1) is 0 Å². The van der Waals surface area contributed by atoms with Crippen molar-refractivity contribution in [3.63, 3.8) is 0 Å². The third kappa shape index (κ3) is 10.8. The van der Waals surface area contributed by atoms with Crippen LogP contribution in [0.3, 0.4) is 0 Å². The first-order valence-corrected chi connectivity index (χ1v) is 25.1. The van der Waals surface area contributed by atoms with E-state index in [0.717, 1.165) is 22.5 Å². The van der Waals surface area contributed by atoms with Crippen LogP contribution < -0.4 is 50.0 Å². The molecule has 0 radical (unpaired) electrons. The summed E-state index contributed by atoms with van der Waals surface area (Å²) in [6.45, 7) is 0.987. The Hall–Kier alpha value is -9.27. The van der Waals surface area contributed by atoms with Crippen molar-refractivity contribution in [2.75, 3.05) is 41.2 Å². The van der Waals surface area contributed by atoms with Crippen LogP contribution >= 0.6 is 0 Å². The van der Waals surface area contributed by atoms with Crippen LogP contribution in [0.25, 0.3) is 0 Å². The van der Waals surface area contributed by atoms with Gasteiger partial charge in [0.05, 0.1) is 49.3 Å². The number of hydrogen-bond acceptors (Lipinski definition) is 15. The monoisotopic (exact) mass is 1050 g/mol. The molecule has 21 heteroatoms. The maximum Gasteiger partial charge on any atom is 0.333 e. The number of nitrogens with zero attached hydrogens (tertiary/aromatic N) is 4.